The van der Waals surface area contributed by atoms with Crippen molar-refractivity contribution in [1.29, 1.82) is 0 Å². The average molecular weight is 305 g/mol. The Labute approximate surface area is 131 Å². The summed E-state index contributed by atoms with van der Waals surface area (Å²) in [5, 5.41) is 2.74. The SMILES string of the molecule is COC(=O)[C@]1(NC(=O)OC(C)(C)C)[C@H](c2ccccc2)[C@@H]1C. The second-order valence-corrected chi connectivity index (χ2v) is 6.66. The summed E-state index contributed by atoms with van der Waals surface area (Å²) in [4.78, 5) is 24.4. The quantitative estimate of drug-likeness (QED) is 0.872. The van der Waals surface area contributed by atoms with Gasteiger partial charge in [0, 0.05) is 11.8 Å². The highest BCUT2D eigenvalue weighted by Crippen LogP contribution is 2.58. The standard InChI is InChI=1S/C17H23NO4/c1-11-13(12-9-7-6-8-10-12)17(11,14(19)21-5)18-15(20)22-16(2,3)4/h6-11,13H,1-5H3,(H,18,20)/t11-,13-,17+/m0/s1. The van der Waals surface area contributed by atoms with Gasteiger partial charge in [-0.1, -0.05) is 37.3 Å². The maximum atomic E-state index is 12.3. The van der Waals surface area contributed by atoms with Crippen LogP contribution in [0.25, 0.3) is 0 Å². The van der Waals surface area contributed by atoms with E-state index in [1.165, 1.54) is 7.11 Å². The van der Waals surface area contributed by atoms with Gasteiger partial charge in [-0.15, -0.1) is 0 Å². The van der Waals surface area contributed by atoms with Gasteiger partial charge in [-0.2, -0.15) is 0 Å². The summed E-state index contributed by atoms with van der Waals surface area (Å²) in [6.45, 7) is 7.26. The van der Waals surface area contributed by atoms with E-state index in [1.54, 1.807) is 20.8 Å². The van der Waals surface area contributed by atoms with Gasteiger partial charge in [-0.3, -0.25) is 0 Å². The first-order valence-corrected chi connectivity index (χ1v) is 7.37. The fourth-order valence-corrected chi connectivity index (χ4v) is 2.97. The zero-order valence-electron chi connectivity index (χ0n) is 13.7. The molecule has 0 saturated heterocycles. The first-order valence-electron chi connectivity index (χ1n) is 7.37. The lowest BCUT2D eigenvalue weighted by Gasteiger charge is -2.23. The summed E-state index contributed by atoms with van der Waals surface area (Å²) >= 11 is 0. The Bertz CT molecular complexity index is 564. The van der Waals surface area contributed by atoms with Crippen LogP contribution in [0.5, 0.6) is 0 Å². The maximum absolute atomic E-state index is 12.3. The highest BCUT2D eigenvalue weighted by molar-refractivity contribution is 5.92. The summed E-state index contributed by atoms with van der Waals surface area (Å²) in [5.74, 6) is -0.622. The van der Waals surface area contributed by atoms with Crippen molar-refractivity contribution in [2.45, 2.75) is 44.8 Å². The van der Waals surface area contributed by atoms with Crippen LogP contribution >= 0.6 is 0 Å². The summed E-state index contributed by atoms with van der Waals surface area (Å²) in [7, 11) is 1.33. The monoisotopic (exact) mass is 305 g/mol. The minimum atomic E-state index is -1.06. The molecule has 0 aliphatic heterocycles. The number of ether oxygens (including phenoxy) is 2. The van der Waals surface area contributed by atoms with Crippen LogP contribution in [0.4, 0.5) is 4.79 Å². The van der Waals surface area contributed by atoms with Gasteiger partial charge in [0.25, 0.3) is 0 Å². The molecule has 1 aliphatic carbocycles. The lowest BCUT2D eigenvalue weighted by Crippen LogP contribution is -2.48. The molecule has 1 saturated carbocycles. The molecule has 5 nitrogen and oxygen atoms in total. The van der Waals surface area contributed by atoms with Gasteiger partial charge in [-0.25, -0.2) is 9.59 Å². The molecule has 1 fully saturated rings. The van der Waals surface area contributed by atoms with Gasteiger partial charge in [-0.05, 0) is 26.3 Å². The number of hydrogen-bond acceptors (Lipinski definition) is 4. The molecule has 2 rings (SSSR count). The molecule has 0 spiro atoms. The Morgan fingerprint density at radius 3 is 2.27 bits per heavy atom. The molecule has 0 radical (unpaired) electrons. The Kier molecular flexibility index (Phi) is 4.18. The molecule has 0 aromatic heterocycles. The normalized spacial score (nSPS) is 27.0. The van der Waals surface area contributed by atoms with E-state index in [4.69, 9.17) is 9.47 Å². The predicted molar refractivity (Wildman–Crippen MR) is 82.5 cm³/mol. The Morgan fingerprint density at radius 2 is 1.77 bits per heavy atom. The van der Waals surface area contributed by atoms with Crippen LogP contribution in [0.2, 0.25) is 0 Å². The average Bonchev–Trinajstić information content (AvgIpc) is 3.02. The van der Waals surface area contributed by atoms with Crippen molar-refractivity contribution in [3.63, 3.8) is 0 Å². The third-order valence-corrected chi connectivity index (χ3v) is 3.99. The van der Waals surface area contributed by atoms with Gasteiger partial charge in [0.1, 0.15) is 5.60 Å². The minimum absolute atomic E-state index is 0.0603. The van der Waals surface area contributed by atoms with Crippen molar-refractivity contribution in [2.24, 2.45) is 5.92 Å². The van der Waals surface area contributed by atoms with Gasteiger partial charge in [0.05, 0.1) is 7.11 Å². The molecule has 0 heterocycles. The summed E-state index contributed by atoms with van der Waals surface area (Å²) in [6, 6.07) is 9.63. The Balaban J connectivity index is 2.24. The predicted octanol–water partition coefficient (Wildman–Crippen LogP) is 2.86. The molecule has 1 aliphatic rings. The number of hydrogen-bond donors (Lipinski definition) is 1. The van der Waals surface area contributed by atoms with Crippen LogP contribution in [0.15, 0.2) is 30.3 Å². The van der Waals surface area contributed by atoms with Crippen molar-refractivity contribution in [3.05, 3.63) is 35.9 Å². The lowest BCUT2D eigenvalue weighted by molar-refractivity contribution is -0.145. The number of amides is 1. The fourth-order valence-electron chi connectivity index (χ4n) is 2.97. The van der Waals surface area contributed by atoms with Crippen molar-refractivity contribution >= 4 is 12.1 Å². The zero-order valence-corrected chi connectivity index (χ0v) is 13.7. The van der Waals surface area contributed by atoms with E-state index in [9.17, 15) is 9.59 Å². The summed E-state index contributed by atoms with van der Waals surface area (Å²) in [6.07, 6.45) is -0.608. The number of benzene rings is 1. The smallest absolute Gasteiger partial charge is 0.408 e. The van der Waals surface area contributed by atoms with E-state index in [0.29, 0.717) is 0 Å². The van der Waals surface area contributed by atoms with Crippen LogP contribution in [0, 0.1) is 5.92 Å². The van der Waals surface area contributed by atoms with Crippen molar-refractivity contribution in [1.82, 2.24) is 5.32 Å². The van der Waals surface area contributed by atoms with E-state index < -0.39 is 23.2 Å². The third kappa shape index (κ3) is 2.93. The molecule has 0 unspecified atom stereocenters. The summed E-state index contributed by atoms with van der Waals surface area (Å²) < 4.78 is 10.2. The number of alkyl carbamates (subject to hydrolysis) is 1. The van der Waals surface area contributed by atoms with Crippen LogP contribution in [0.1, 0.15) is 39.2 Å². The Morgan fingerprint density at radius 1 is 1.18 bits per heavy atom. The van der Waals surface area contributed by atoms with E-state index in [1.807, 2.05) is 37.3 Å². The number of rotatable bonds is 3. The molecule has 3 atom stereocenters. The van der Waals surface area contributed by atoms with Gasteiger partial charge in [0.15, 0.2) is 5.54 Å². The van der Waals surface area contributed by atoms with Gasteiger partial charge >= 0.3 is 12.1 Å². The summed E-state index contributed by atoms with van der Waals surface area (Å²) in [5.41, 5.74) is -0.684. The zero-order chi connectivity index (χ0) is 16.5. The van der Waals surface area contributed by atoms with E-state index in [2.05, 4.69) is 5.32 Å². The van der Waals surface area contributed by atoms with Crippen molar-refractivity contribution < 1.29 is 19.1 Å². The first-order chi connectivity index (χ1) is 10.2. The van der Waals surface area contributed by atoms with E-state index >= 15 is 0 Å². The maximum Gasteiger partial charge on any atom is 0.408 e. The molecule has 1 aromatic carbocycles. The molecule has 1 amide bonds. The minimum Gasteiger partial charge on any atom is -0.467 e. The van der Waals surface area contributed by atoms with Crippen LogP contribution in [0.3, 0.4) is 0 Å². The highest BCUT2D eigenvalue weighted by Gasteiger charge is 2.70. The third-order valence-electron chi connectivity index (χ3n) is 3.99. The number of nitrogens with one attached hydrogen (secondary N) is 1. The first kappa shape index (κ1) is 16.3. The second kappa shape index (κ2) is 5.63. The van der Waals surface area contributed by atoms with Crippen molar-refractivity contribution in [2.75, 3.05) is 7.11 Å². The molecule has 1 N–H and O–H groups in total. The number of carbonyl (C=O) groups excluding carboxylic acids is 2. The fraction of sp³-hybridized carbons (Fsp3) is 0.529. The number of carbonyl (C=O) groups is 2. The van der Waals surface area contributed by atoms with Crippen molar-refractivity contribution in [3.8, 4) is 0 Å². The number of methoxy groups -OCH3 is 1. The van der Waals surface area contributed by atoms with Crippen LogP contribution in [-0.4, -0.2) is 30.3 Å². The van der Waals surface area contributed by atoms with E-state index in [-0.39, 0.29) is 11.8 Å². The molecule has 1 aromatic rings. The molecule has 0 bridgehead atoms. The highest BCUT2D eigenvalue weighted by atomic mass is 16.6. The molecular weight excluding hydrogens is 282 g/mol. The van der Waals surface area contributed by atoms with Gasteiger partial charge < -0.3 is 14.8 Å². The second-order valence-electron chi connectivity index (χ2n) is 6.66. The largest absolute Gasteiger partial charge is 0.467 e. The molecular formula is C17H23NO4. The number of esters is 1. The Hall–Kier alpha value is -2.04. The topological polar surface area (TPSA) is 64.6 Å². The molecule has 22 heavy (non-hydrogen) atoms. The molecule has 120 valence electrons. The molecule has 5 heteroatoms. The van der Waals surface area contributed by atoms with E-state index in [0.717, 1.165) is 5.56 Å². The van der Waals surface area contributed by atoms with Gasteiger partial charge in [0.2, 0.25) is 0 Å². The van der Waals surface area contributed by atoms with Crippen LogP contribution < -0.4 is 5.32 Å². The lowest BCUT2D eigenvalue weighted by atomic mass is 10.1. The van der Waals surface area contributed by atoms with Crippen LogP contribution in [-0.2, 0) is 14.3 Å².